The van der Waals surface area contributed by atoms with Gasteiger partial charge >= 0.3 is 11.6 Å². The number of fused-ring (bicyclic) bond motifs is 1. The fourth-order valence-corrected chi connectivity index (χ4v) is 2.10. The SMILES string of the molecule is CCCCn1c(=O)n(C)c(=O)c2c1nc([N+](=O)[O-])n2C. The number of nitro groups is 1. The first-order valence-electron chi connectivity index (χ1n) is 6.20. The molecule has 2 aromatic heterocycles. The molecule has 20 heavy (non-hydrogen) atoms. The maximum atomic E-state index is 12.1. The highest BCUT2D eigenvalue weighted by Gasteiger charge is 2.26. The highest BCUT2D eigenvalue weighted by molar-refractivity contribution is 5.72. The summed E-state index contributed by atoms with van der Waals surface area (Å²) >= 11 is 0. The molecule has 9 heteroatoms. The lowest BCUT2D eigenvalue weighted by molar-refractivity contribution is -0.396. The second kappa shape index (κ2) is 4.91. The predicted molar refractivity (Wildman–Crippen MR) is 71.8 cm³/mol. The molecule has 0 aliphatic carbocycles. The second-order valence-corrected chi connectivity index (χ2v) is 4.55. The number of aryl methyl sites for hydroxylation is 2. The largest absolute Gasteiger partial charge is 0.437 e. The van der Waals surface area contributed by atoms with Gasteiger partial charge in [-0.1, -0.05) is 13.3 Å². The van der Waals surface area contributed by atoms with Gasteiger partial charge in [-0.3, -0.25) is 13.9 Å². The quantitative estimate of drug-likeness (QED) is 0.585. The average Bonchev–Trinajstić information content (AvgIpc) is 2.74. The summed E-state index contributed by atoms with van der Waals surface area (Å²) in [5.74, 6) is -0.451. The Labute approximate surface area is 113 Å². The molecule has 0 N–H and O–H groups in total. The Morgan fingerprint density at radius 1 is 1.25 bits per heavy atom. The molecule has 0 radical (unpaired) electrons. The van der Waals surface area contributed by atoms with E-state index >= 15 is 0 Å². The number of rotatable bonds is 4. The van der Waals surface area contributed by atoms with Crippen LogP contribution in [0.5, 0.6) is 0 Å². The van der Waals surface area contributed by atoms with Crippen LogP contribution in [0.25, 0.3) is 11.2 Å². The van der Waals surface area contributed by atoms with Crippen LogP contribution in [0.2, 0.25) is 0 Å². The Balaban J connectivity index is 2.92. The minimum atomic E-state index is -0.673. The molecule has 0 saturated carbocycles. The lowest BCUT2D eigenvalue weighted by Crippen LogP contribution is -2.38. The number of unbranched alkanes of at least 4 members (excludes halogenated alkanes) is 1. The van der Waals surface area contributed by atoms with Gasteiger partial charge in [0.05, 0.1) is 7.05 Å². The summed E-state index contributed by atoms with van der Waals surface area (Å²) in [4.78, 5) is 38.3. The minimum absolute atomic E-state index is 0.0647. The third kappa shape index (κ3) is 1.91. The van der Waals surface area contributed by atoms with Crippen molar-refractivity contribution in [1.29, 1.82) is 0 Å². The molecule has 108 valence electrons. The van der Waals surface area contributed by atoms with Crippen molar-refractivity contribution in [3.05, 3.63) is 31.0 Å². The zero-order valence-corrected chi connectivity index (χ0v) is 11.5. The molecule has 9 nitrogen and oxygen atoms in total. The van der Waals surface area contributed by atoms with Crippen LogP contribution in [0.15, 0.2) is 9.59 Å². The molecule has 2 rings (SSSR count). The fraction of sp³-hybridized carbons (Fsp3) is 0.545. The van der Waals surface area contributed by atoms with Crippen molar-refractivity contribution in [1.82, 2.24) is 18.7 Å². The van der Waals surface area contributed by atoms with E-state index in [2.05, 4.69) is 4.98 Å². The normalized spacial score (nSPS) is 11.2. The van der Waals surface area contributed by atoms with Gasteiger partial charge in [-0.2, -0.15) is 0 Å². The summed E-state index contributed by atoms with van der Waals surface area (Å²) in [6.45, 7) is 2.33. The van der Waals surface area contributed by atoms with Crippen molar-refractivity contribution in [2.75, 3.05) is 0 Å². The van der Waals surface area contributed by atoms with Crippen molar-refractivity contribution in [2.45, 2.75) is 26.3 Å². The maximum absolute atomic E-state index is 12.1. The van der Waals surface area contributed by atoms with E-state index in [-0.39, 0.29) is 11.2 Å². The highest BCUT2D eigenvalue weighted by atomic mass is 16.6. The van der Waals surface area contributed by atoms with E-state index in [0.29, 0.717) is 6.54 Å². The number of hydrogen-bond acceptors (Lipinski definition) is 5. The van der Waals surface area contributed by atoms with Crippen LogP contribution in [0.3, 0.4) is 0 Å². The predicted octanol–water partition coefficient (Wildman–Crippen LogP) is 0.142. The summed E-state index contributed by atoms with van der Waals surface area (Å²) in [6.07, 6.45) is 1.57. The summed E-state index contributed by atoms with van der Waals surface area (Å²) in [5.41, 5.74) is -0.958. The van der Waals surface area contributed by atoms with E-state index in [1.807, 2.05) is 6.92 Å². The van der Waals surface area contributed by atoms with Crippen molar-refractivity contribution < 1.29 is 4.92 Å². The summed E-state index contributed by atoms with van der Waals surface area (Å²) in [7, 11) is 2.74. The first kappa shape index (κ1) is 14.0. The molecule has 2 heterocycles. The number of nitrogens with zero attached hydrogens (tertiary/aromatic N) is 5. The Morgan fingerprint density at radius 3 is 2.45 bits per heavy atom. The monoisotopic (exact) mass is 281 g/mol. The van der Waals surface area contributed by atoms with Gasteiger partial charge in [-0.25, -0.2) is 9.36 Å². The van der Waals surface area contributed by atoms with Gasteiger partial charge in [-0.05, 0) is 16.3 Å². The van der Waals surface area contributed by atoms with Crippen molar-refractivity contribution in [3.8, 4) is 0 Å². The maximum Gasteiger partial charge on any atom is 0.437 e. The zero-order valence-electron chi connectivity index (χ0n) is 11.5. The standard InChI is InChI=1S/C11H15N5O4/c1-4-5-6-15-8-7(9(17)14(3)11(15)18)13(2)10(12-8)16(19)20/h4-6H2,1-3H3. The molecule has 0 aliphatic heterocycles. The molecule has 0 aromatic carbocycles. The van der Waals surface area contributed by atoms with Crippen LogP contribution in [0.4, 0.5) is 5.95 Å². The van der Waals surface area contributed by atoms with Gasteiger partial charge in [0, 0.05) is 13.6 Å². The van der Waals surface area contributed by atoms with E-state index in [1.165, 1.54) is 18.7 Å². The molecule has 0 atom stereocenters. The van der Waals surface area contributed by atoms with Crippen molar-refractivity contribution in [3.63, 3.8) is 0 Å². The zero-order chi connectivity index (χ0) is 15.0. The third-order valence-corrected chi connectivity index (χ3v) is 3.23. The van der Waals surface area contributed by atoms with Gasteiger partial charge in [-0.15, -0.1) is 0 Å². The molecule has 2 aromatic rings. The molecule has 0 fully saturated rings. The lowest BCUT2D eigenvalue weighted by Gasteiger charge is -2.05. The Hall–Kier alpha value is -2.45. The van der Waals surface area contributed by atoms with Crippen molar-refractivity contribution >= 4 is 17.1 Å². The van der Waals surface area contributed by atoms with Crippen LogP contribution in [-0.2, 0) is 20.6 Å². The van der Waals surface area contributed by atoms with E-state index < -0.39 is 22.1 Å². The summed E-state index contributed by atoms with van der Waals surface area (Å²) in [6, 6.07) is 0. The highest BCUT2D eigenvalue weighted by Crippen LogP contribution is 2.15. The summed E-state index contributed by atoms with van der Waals surface area (Å²) in [5, 5.41) is 10.9. The van der Waals surface area contributed by atoms with Crippen LogP contribution >= 0.6 is 0 Å². The Kier molecular flexibility index (Phi) is 3.43. The van der Waals surface area contributed by atoms with Gasteiger partial charge in [0.15, 0.2) is 0 Å². The Morgan fingerprint density at radius 2 is 1.90 bits per heavy atom. The first-order chi connectivity index (χ1) is 9.40. The van der Waals surface area contributed by atoms with E-state index in [9.17, 15) is 19.7 Å². The van der Waals surface area contributed by atoms with E-state index in [1.54, 1.807) is 0 Å². The second-order valence-electron chi connectivity index (χ2n) is 4.55. The van der Waals surface area contributed by atoms with Gasteiger partial charge in [0.2, 0.25) is 5.52 Å². The number of aromatic nitrogens is 4. The minimum Gasteiger partial charge on any atom is -0.390 e. The van der Waals surface area contributed by atoms with Crippen molar-refractivity contribution in [2.24, 2.45) is 14.1 Å². The lowest BCUT2D eigenvalue weighted by atomic mass is 10.3. The van der Waals surface area contributed by atoms with E-state index in [0.717, 1.165) is 22.0 Å². The van der Waals surface area contributed by atoms with E-state index in [4.69, 9.17) is 0 Å². The molecule has 0 aliphatic rings. The summed E-state index contributed by atoms with van der Waals surface area (Å²) < 4.78 is 3.37. The Bertz CT molecular complexity index is 798. The topological polar surface area (TPSA) is 105 Å². The smallest absolute Gasteiger partial charge is 0.390 e. The molecular formula is C11H15N5O4. The van der Waals surface area contributed by atoms with Gasteiger partial charge < -0.3 is 10.1 Å². The van der Waals surface area contributed by atoms with Crippen LogP contribution < -0.4 is 11.2 Å². The van der Waals surface area contributed by atoms with Crippen LogP contribution in [-0.4, -0.2) is 23.6 Å². The first-order valence-corrected chi connectivity index (χ1v) is 6.20. The molecule has 0 spiro atoms. The van der Waals surface area contributed by atoms with Crippen LogP contribution in [0.1, 0.15) is 19.8 Å². The van der Waals surface area contributed by atoms with Gasteiger partial charge in [0.1, 0.15) is 0 Å². The molecule has 0 amide bonds. The average molecular weight is 281 g/mol. The third-order valence-electron chi connectivity index (χ3n) is 3.23. The molecular weight excluding hydrogens is 266 g/mol. The number of hydrogen-bond donors (Lipinski definition) is 0. The van der Waals surface area contributed by atoms with Gasteiger partial charge in [0.25, 0.3) is 11.2 Å². The molecule has 0 saturated heterocycles. The molecule has 0 unspecified atom stereocenters. The number of imidazole rings is 1. The molecule has 0 bridgehead atoms. The fourth-order valence-electron chi connectivity index (χ4n) is 2.10. The van der Waals surface area contributed by atoms with Crippen LogP contribution in [0, 0.1) is 10.1 Å².